The Kier molecular flexibility index (Phi) is 4.69. The fraction of sp³-hybridized carbons (Fsp3) is 0.545. The van der Waals surface area contributed by atoms with Crippen LogP contribution in [0.3, 0.4) is 0 Å². The molecule has 1 heterocycles. The number of aliphatic carboxylic acids is 1. The van der Waals surface area contributed by atoms with Crippen LogP contribution in [0.5, 0.6) is 0 Å². The van der Waals surface area contributed by atoms with Crippen LogP contribution < -0.4 is 5.32 Å². The van der Waals surface area contributed by atoms with Gasteiger partial charge in [-0.3, -0.25) is 9.78 Å². The van der Waals surface area contributed by atoms with Gasteiger partial charge in [-0.1, -0.05) is 13.8 Å². The minimum atomic E-state index is -0.773. The summed E-state index contributed by atoms with van der Waals surface area (Å²) in [5.74, 6) is -0.186. The average molecular weight is 223 g/mol. The summed E-state index contributed by atoms with van der Waals surface area (Å²) >= 11 is 0. The van der Waals surface area contributed by atoms with Crippen LogP contribution in [0.2, 0.25) is 0 Å². The smallest absolute Gasteiger partial charge is 0.308 e. The van der Waals surface area contributed by atoms with Gasteiger partial charge in [-0.15, -0.1) is 0 Å². The molecule has 1 aromatic rings. The number of aromatic nitrogens is 2. The molecular formula is C11H17N3O2. The zero-order chi connectivity index (χ0) is 12.0. The quantitative estimate of drug-likeness (QED) is 0.766. The minimum Gasteiger partial charge on any atom is -0.481 e. The van der Waals surface area contributed by atoms with Crippen LogP contribution in [0.25, 0.3) is 0 Å². The van der Waals surface area contributed by atoms with E-state index < -0.39 is 5.97 Å². The number of rotatable bonds is 6. The first-order valence-corrected chi connectivity index (χ1v) is 5.32. The lowest BCUT2D eigenvalue weighted by atomic mass is 9.97. The van der Waals surface area contributed by atoms with E-state index in [-0.39, 0.29) is 5.92 Å². The normalized spacial score (nSPS) is 12.4. The molecule has 1 rings (SSSR count). The van der Waals surface area contributed by atoms with Gasteiger partial charge in [-0.25, -0.2) is 4.98 Å². The number of carbonyl (C=O) groups is 1. The van der Waals surface area contributed by atoms with Crippen molar-refractivity contribution < 1.29 is 9.90 Å². The predicted molar refractivity (Wildman–Crippen MR) is 61.1 cm³/mol. The molecule has 0 radical (unpaired) electrons. The van der Waals surface area contributed by atoms with Gasteiger partial charge in [-0.2, -0.15) is 0 Å². The van der Waals surface area contributed by atoms with Gasteiger partial charge in [0.15, 0.2) is 0 Å². The number of nitrogens with one attached hydrogen (secondary N) is 1. The molecule has 0 saturated carbocycles. The Morgan fingerprint density at radius 3 is 2.75 bits per heavy atom. The standard InChI is InChI=1S/C11H17N3O2/c1-8(2)5-9(11(15)16)6-14-10-7-12-3-4-13-10/h3-4,7-9H,5-6H2,1-2H3,(H,13,14)(H,15,16). The molecule has 0 spiro atoms. The molecule has 16 heavy (non-hydrogen) atoms. The zero-order valence-corrected chi connectivity index (χ0v) is 9.55. The first-order chi connectivity index (χ1) is 7.59. The van der Waals surface area contributed by atoms with Crippen LogP contribution in [-0.2, 0) is 4.79 Å². The lowest BCUT2D eigenvalue weighted by Crippen LogP contribution is -2.24. The maximum absolute atomic E-state index is 11.0. The Morgan fingerprint density at radius 2 is 2.25 bits per heavy atom. The van der Waals surface area contributed by atoms with Crippen LogP contribution in [0, 0.1) is 11.8 Å². The van der Waals surface area contributed by atoms with Gasteiger partial charge in [0.25, 0.3) is 0 Å². The third-order valence-corrected chi connectivity index (χ3v) is 2.20. The van der Waals surface area contributed by atoms with E-state index in [0.717, 1.165) is 0 Å². The highest BCUT2D eigenvalue weighted by molar-refractivity contribution is 5.70. The number of hydrogen-bond donors (Lipinski definition) is 2. The Bertz CT molecular complexity index is 327. The maximum Gasteiger partial charge on any atom is 0.308 e. The van der Waals surface area contributed by atoms with Crippen molar-refractivity contribution in [2.75, 3.05) is 11.9 Å². The molecule has 0 aromatic carbocycles. The average Bonchev–Trinajstić information content (AvgIpc) is 2.25. The van der Waals surface area contributed by atoms with Crippen molar-refractivity contribution in [3.05, 3.63) is 18.6 Å². The number of hydrogen-bond acceptors (Lipinski definition) is 4. The molecule has 1 atom stereocenters. The third-order valence-electron chi connectivity index (χ3n) is 2.20. The molecule has 0 aliphatic rings. The lowest BCUT2D eigenvalue weighted by molar-refractivity contribution is -0.141. The summed E-state index contributed by atoms with van der Waals surface area (Å²) in [6.07, 6.45) is 5.38. The van der Waals surface area contributed by atoms with E-state index in [0.29, 0.717) is 24.7 Å². The monoisotopic (exact) mass is 223 g/mol. The summed E-state index contributed by atoms with van der Waals surface area (Å²) in [7, 11) is 0. The van der Waals surface area contributed by atoms with Gasteiger partial charge in [0.1, 0.15) is 5.82 Å². The number of nitrogens with zero attached hydrogens (tertiary/aromatic N) is 2. The molecule has 1 aromatic heterocycles. The van der Waals surface area contributed by atoms with Crippen molar-refractivity contribution >= 4 is 11.8 Å². The van der Waals surface area contributed by atoms with E-state index in [9.17, 15) is 4.79 Å². The van der Waals surface area contributed by atoms with Gasteiger partial charge in [-0.05, 0) is 12.3 Å². The Balaban J connectivity index is 2.47. The van der Waals surface area contributed by atoms with Gasteiger partial charge in [0.2, 0.25) is 0 Å². The van der Waals surface area contributed by atoms with Crippen LogP contribution in [0.4, 0.5) is 5.82 Å². The maximum atomic E-state index is 11.0. The lowest BCUT2D eigenvalue weighted by Gasteiger charge is -2.15. The SMILES string of the molecule is CC(C)CC(CNc1cnccn1)C(=O)O. The highest BCUT2D eigenvalue weighted by atomic mass is 16.4. The Morgan fingerprint density at radius 1 is 1.50 bits per heavy atom. The molecule has 1 unspecified atom stereocenters. The number of carboxylic acid groups (broad SMARTS) is 1. The highest BCUT2D eigenvalue weighted by Crippen LogP contribution is 2.12. The second-order valence-corrected chi connectivity index (χ2v) is 4.14. The molecular weight excluding hydrogens is 206 g/mol. The first kappa shape index (κ1) is 12.4. The third kappa shape index (κ3) is 4.25. The summed E-state index contributed by atoms with van der Waals surface area (Å²) in [5, 5.41) is 12.0. The van der Waals surface area contributed by atoms with Crippen molar-refractivity contribution in [3.63, 3.8) is 0 Å². The Labute approximate surface area is 94.9 Å². The van der Waals surface area contributed by atoms with Crippen LogP contribution in [-0.4, -0.2) is 27.6 Å². The van der Waals surface area contributed by atoms with E-state index >= 15 is 0 Å². The molecule has 0 saturated heterocycles. The van der Waals surface area contributed by atoms with Crippen LogP contribution >= 0.6 is 0 Å². The summed E-state index contributed by atoms with van der Waals surface area (Å²) in [4.78, 5) is 18.9. The van der Waals surface area contributed by atoms with E-state index in [4.69, 9.17) is 5.11 Å². The van der Waals surface area contributed by atoms with Crippen LogP contribution in [0.15, 0.2) is 18.6 Å². The fourth-order valence-corrected chi connectivity index (χ4v) is 1.46. The summed E-state index contributed by atoms with van der Waals surface area (Å²) < 4.78 is 0. The van der Waals surface area contributed by atoms with Gasteiger partial charge < -0.3 is 10.4 Å². The van der Waals surface area contributed by atoms with Crippen molar-refractivity contribution in [1.29, 1.82) is 0 Å². The van der Waals surface area contributed by atoms with Crippen LogP contribution in [0.1, 0.15) is 20.3 Å². The molecule has 0 bridgehead atoms. The molecule has 0 fully saturated rings. The molecule has 2 N–H and O–H groups in total. The Hall–Kier alpha value is -1.65. The summed E-state index contributed by atoms with van der Waals surface area (Å²) in [6.45, 7) is 4.41. The van der Waals surface area contributed by atoms with Gasteiger partial charge in [0, 0.05) is 18.9 Å². The topological polar surface area (TPSA) is 75.1 Å². The summed E-state index contributed by atoms with van der Waals surface area (Å²) in [6, 6.07) is 0. The molecule has 88 valence electrons. The second-order valence-electron chi connectivity index (χ2n) is 4.14. The van der Waals surface area contributed by atoms with E-state index in [1.807, 2.05) is 13.8 Å². The van der Waals surface area contributed by atoms with E-state index in [1.54, 1.807) is 18.6 Å². The molecule has 5 heteroatoms. The largest absolute Gasteiger partial charge is 0.481 e. The van der Waals surface area contributed by atoms with E-state index in [2.05, 4.69) is 15.3 Å². The minimum absolute atomic E-state index is 0.366. The number of carboxylic acids is 1. The molecule has 0 amide bonds. The molecule has 0 aliphatic carbocycles. The molecule has 5 nitrogen and oxygen atoms in total. The van der Waals surface area contributed by atoms with Crippen molar-refractivity contribution in [2.45, 2.75) is 20.3 Å². The van der Waals surface area contributed by atoms with Crippen molar-refractivity contribution in [3.8, 4) is 0 Å². The second kappa shape index (κ2) is 6.05. The zero-order valence-electron chi connectivity index (χ0n) is 9.55. The predicted octanol–water partition coefficient (Wildman–Crippen LogP) is 1.64. The first-order valence-electron chi connectivity index (χ1n) is 5.32. The fourth-order valence-electron chi connectivity index (χ4n) is 1.46. The van der Waals surface area contributed by atoms with Crippen molar-refractivity contribution in [2.24, 2.45) is 11.8 Å². The van der Waals surface area contributed by atoms with Gasteiger partial charge in [0.05, 0.1) is 12.1 Å². The van der Waals surface area contributed by atoms with Gasteiger partial charge >= 0.3 is 5.97 Å². The summed E-state index contributed by atoms with van der Waals surface area (Å²) in [5.41, 5.74) is 0. The van der Waals surface area contributed by atoms with E-state index in [1.165, 1.54) is 0 Å². The number of anilines is 1. The highest BCUT2D eigenvalue weighted by Gasteiger charge is 2.18. The molecule has 0 aliphatic heterocycles. The van der Waals surface area contributed by atoms with Crippen molar-refractivity contribution in [1.82, 2.24) is 9.97 Å².